The van der Waals surface area contributed by atoms with E-state index in [2.05, 4.69) is 43.9 Å². The van der Waals surface area contributed by atoms with Gasteiger partial charge in [0.25, 0.3) is 0 Å². The van der Waals surface area contributed by atoms with Gasteiger partial charge in [0.05, 0.1) is 6.10 Å². The van der Waals surface area contributed by atoms with Gasteiger partial charge in [0.1, 0.15) is 0 Å². The quantitative estimate of drug-likeness (QED) is 0.371. The van der Waals surface area contributed by atoms with Crippen molar-refractivity contribution < 1.29 is 14.3 Å². The van der Waals surface area contributed by atoms with E-state index in [1.165, 1.54) is 4.90 Å². The zero-order valence-corrected chi connectivity index (χ0v) is 14.5. The van der Waals surface area contributed by atoms with Crippen LogP contribution >= 0.6 is 0 Å². The molecule has 7 nitrogen and oxygen atoms in total. The number of hydrogen-bond acceptors (Lipinski definition) is 3. The van der Waals surface area contributed by atoms with Crippen molar-refractivity contribution in [1.29, 1.82) is 0 Å². The average Bonchev–Trinajstić information content (AvgIpc) is 2.34. The Bertz CT molecular complexity index is 430. The van der Waals surface area contributed by atoms with Crippen molar-refractivity contribution in [2.75, 3.05) is 19.6 Å². The van der Waals surface area contributed by atoms with E-state index in [4.69, 9.17) is 9.96 Å². The van der Waals surface area contributed by atoms with Crippen LogP contribution in [-0.4, -0.2) is 50.2 Å². The predicted molar refractivity (Wildman–Crippen MR) is 83.8 cm³/mol. The maximum absolute atomic E-state index is 11.3. The first-order valence-electron chi connectivity index (χ1n) is 7.23. The molecule has 0 radical (unpaired) electrons. The molecular weight excluding hydrogens is 288 g/mol. The molecule has 0 bridgehead atoms. The van der Waals surface area contributed by atoms with Crippen LogP contribution in [0.1, 0.15) is 27.2 Å². The summed E-state index contributed by atoms with van der Waals surface area (Å²) in [5.41, 5.74) is 8.44. The number of carboxylic acid groups (broad SMARTS) is 1. The Morgan fingerprint density at radius 1 is 1.48 bits per heavy atom. The number of hydrogen-bond donors (Lipinski definition) is 1. The van der Waals surface area contributed by atoms with Crippen LogP contribution in [-0.2, 0) is 4.43 Å². The first kappa shape index (κ1) is 17.8. The van der Waals surface area contributed by atoms with Crippen LogP contribution in [0.15, 0.2) is 5.11 Å². The highest BCUT2D eigenvalue weighted by atomic mass is 28.4. The van der Waals surface area contributed by atoms with Gasteiger partial charge < -0.3 is 14.4 Å². The van der Waals surface area contributed by atoms with E-state index in [9.17, 15) is 9.90 Å². The molecule has 8 heteroatoms. The van der Waals surface area contributed by atoms with Crippen LogP contribution in [0.4, 0.5) is 4.79 Å². The van der Waals surface area contributed by atoms with Gasteiger partial charge in [-0.2, -0.15) is 0 Å². The van der Waals surface area contributed by atoms with Gasteiger partial charge in [-0.1, -0.05) is 25.9 Å². The summed E-state index contributed by atoms with van der Waals surface area (Å²) in [6.07, 6.45) is -0.311. The molecule has 1 rings (SSSR count). The summed E-state index contributed by atoms with van der Waals surface area (Å²) in [6, 6.07) is 0. The lowest BCUT2D eigenvalue weighted by Crippen LogP contribution is -2.52. The van der Waals surface area contributed by atoms with Gasteiger partial charge in [-0.15, -0.1) is 0 Å². The lowest BCUT2D eigenvalue weighted by atomic mass is 9.96. The normalized spacial score (nSPS) is 23.6. The fourth-order valence-electron chi connectivity index (χ4n) is 2.27. The molecule has 0 spiro atoms. The monoisotopic (exact) mass is 314 g/mol. The van der Waals surface area contributed by atoms with Crippen molar-refractivity contribution >= 4 is 14.4 Å². The highest BCUT2D eigenvalue weighted by Gasteiger charge is 2.41. The lowest BCUT2D eigenvalue weighted by molar-refractivity contribution is 0.0486. The van der Waals surface area contributed by atoms with Crippen LogP contribution in [0, 0.1) is 5.92 Å². The molecule has 0 aromatic rings. The summed E-state index contributed by atoms with van der Waals surface area (Å²) < 4.78 is 6.33. The van der Waals surface area contributed by atoms with Crippen molar-refractivity contribution in [3.63, 3.8) is 0 Å². The molecule has 2 atom stereocenters. The molecule has 2 unspecified atom stereocenters. The van der Waals surface area contributed by atoms with E-state index >= 15 is 0 Å². The first-order valence-corrected chi connectivity index (χ1v) is 10.1. The Labute approximate surface area is 127 Å². The van der Waals surface area contributed by atoms with Gasteiger partial charge in [-0.25, -0.2) is 4.79 Å². The zero-order chi connectivity index (χ0) is 16.3. The summed E-state index contributed by atoms with van der Waals surface area (Å²) in [5.74, 6) is 0.0283. The SMILES string of the molecule is CC(C)(C)[Si](C)(C)OC1CC(CN=[N+]=[N-])CN(C(=O)O)C1. The van der Waals surface area contributed by atoms with Crippen LogP contribution in [0.3, 0.4) is 0 Å². The highest BCUT2D eigenvalue weighted by molar-refractivity contribution is 6.74. The Morgan fingerprint density at radius 3 is 2.57 bits per heavy atom. The number of nitrogens with zero attached hydrogens (tertiary/aromatic N) is 4. The van der Waals surface area contributed by atoms with E-state index in [0.717, 1.165) is 6.42 Å². The Balaban J connectivity index is 2.80. The Hall–Kier alpha value is -1.24. The lowest BCUT2D eigenvalue weighted by Gasteiger charge is -2.43. The molecular formula is C13H26N4O3Si. The Kier molecular flexibility index (Phi) is 5.66. The summed E-state index contributed by atoms with van der Waals surface area (Å²) in [6.45, 7) is 11.9. The maximum Gasteiger partial charge on any atom is 0.407 e. The minimum absolute atomic E-state index is 0.0283. The molecule has 1 aliphatic heterocycles. The standard InChI is InChI=1S/C13H26N4O3Si/c1-13(2,3)21(4,5)20-11-6-10(7-15-16-14)8-17(9-11)12(18)19/h10-11H,6-9H2,1-5H3,(H,18,19). The summed E-state index contributed by atoms with van der Waals surface area (Å²) >= 11 is 0. The van der Waals surface area contributed by atoms with Crippen molar-refractivity contribution in [3.05, 3.63) is 10.4 Å². The molecule has 1 amide bonds. The molecule has 0 aliphatic carbocycles. The number of azide groups is 1. The minimum Gasteiger partial charge on any atom is -0.465 e. The topological polar surface area (TPSA) is 98.5 Å². The number of rotatable bonds is 4. The molecule has 0 saturated carbocycles. The molecule has 1 aliphatic rings. The van der Waals surface area contributed by atoms with Crippen LogP contribution < -0.4 is 0 Å². The molecule has 1 heterocycles. The molecule has 1 saturated heterocycles. The van der Waals surface area contributed by atoms with E-state index in [0.29, 0.717) is 19.6 Å². The van der Waals surface area contributed by atoms with Gasteiger partial charge in [0, 0.05) is 24.5 Å². The molecule has 21 heavy (non-hydrogen) atoms. The molecule has 1 fully saturated rings. The zero-order valence-electron chi connectivity index (χ0n) is 13.5. The van der Waals surface area contributed by atoms with Crippen LogP contribution in [0.25, 0.3) is 10.4 Å². The number of carbonyl (C=O) groups is 1. The van der Waals surface area contributed by atoms with Gasteiger partial charge in [-0.05, 0) is 36.0 Å². The second-order valence-corrected chi connectivity index (χ2v) is 12.0. The van der Waals surface area contributed by atoms with Crippen LogP contribution in [0.5, 0.6) is 0 Å². The van der Waals surface area contributed by atoms with E-state index < -0.39 is 14.4 Å². The average molecular weight is 314 g/mol. The van der Waals surface area contributed by atoms with Gasteiger partial charge in [0.2, 0.25) is 0 Å². The Morgan fingerprint density at radius 2 is 2.10 bits per heavy atom. The van der Waals surface area contributed by atoms with E-state index in [-0.39, 0.29) is 17.1 Å². The summed E-state index contributed by atoms with van der Waals surface area (Å²) in [7, 11) is -1.94. The maximum atomic E-state index is 11.3. The van der Waals surface area contributed by atoms with Crippen LogP contribution in [0.2, 0.25) is 18.1 Å². The smallest absolute Gasteiger partial charge is 0.407 e. The fourth-order valence-corrected chi connectivity index (χ4v) is 3.63. The third-order valence-electron chi connectivity index (χ3n) is 4.44. The molecule has 1 N–H and O–H groups in total. The highest BCUT2D eigenvalue weighted by Crippen LogP contribution is 2.38. The number of amides is 1. The largest absolute Gasteiger partial charge is 0.465 e. The first-order chi connectivity index (χ1) is 9.56. The van der Waals surface area contributed by atoms with E-state index in [1.54, 1.807) is 0 Å². The van der Waals surface area contributed by atoms with Gasteiger partial charge in [-0.3, -0.25) is 0 Å². The minimum atomic E-state index is -1.94. The number of piperidine rings is 1. The molecule has 0 aromatic carbocycles. The number of likely N-dealkylation sites (tertiary alicyclic amines) is 1. The van der Waals surface area contributed by atoms with E-state index in [1.807, 2.05) is 0 Å². The molecule has 120 valence electrons. The van der Waals surface area contributed by atoms with Gasteiger partial charge >= 0.3 is 6.09 Å². The predicted octanol–water partition coefficient (Wildman–Crippen LogP) is 3.69. The van der Waals surface area contributed by atoms with Crippen molar-refractivity contribution in [1.82, 2.24) is 4.90 Å². The van der Waals surface area contributed by atoms with Gasteiger partial charge in [0.15, 0.2) is 8.32 Å². The summed E-state index contributed by atoms with van der Waals surface area (Å²) in [5, 5.41) is 12.9. The fraction of sp³-hybridized carbons (Fsp3) is 0.923. The second-order valence-electron chi connectivity index (χ2n) is 7.20. The third kappa shape index (κ3) is 4.91. The molecule has 0 aromatic heterocycles. The third-order valence-corrected chi connectivity index (χ3v) is 8.97. The summed E-state index contributed by atoms with van der Waals surface area (Å²) in [4.78, 5) is 15.4. The van der Waals surface area contributed by atoms with Crippen molar-refractivity contribution in [3.8, 4) is 0 Å². The van der Waals surface area contributed by atoms with Crippen molar-refractivity contribution in [2.24, 2.45) is 11.0 Å². The van der Waals surface area contributed by atoms with Crippen molar-refractivity contribution in [2.45, 2.75) is 51.4 Å². The second kappa shape index (κ2) is 6.68.